The van der Waals surface area contributed by atoms with Gasteiger partial charge in [-0.1, -0.05) is 56.7 Å². The number of benzene rings is 2. The highest BCUT2D eigenvalue weighted by atomic mass is 32.2. The maximum Gasteiger partial charge on any atom is 0.243 e. The third kappa shape index (κ3) is 7.23. The summed E-state index contributed by atoms with van der Waals surface area (Å²) in [5.41, 5.74) is 1.72. The number of piperidine rings is 1. The number of amides is 1. The third-order valence-electron chi connectivity index (χ3n) is 5.90. The van der Waals surface area contributed by atoms with Crippen molar-refractivity contribution in [2.24, 2.45) is 5.92 Å². The van der Waals surface area contributed by atoms with Crippen LogP contribution < -0.4 is 10.0 Å². The van der Waals surface area contributed by atoms with Gasteiger partial charge in [-0.15, -0.1) is 0 Å². The molecule has 0 saturated carbocycles. The molecular weight excluding hydrogens is 486 g/mol. The second-order valence-electron chi connectivity index (χ2n) is 9.03. The van der Waals surface area contributed by atoms with E-state index in [2.05, 4.69) is 10.0 Å². The zero-order chi connectivity index (χ0) is 25.6. The van der Waals surface area contributed by atoms with Crippen LogP contribution in [0.25, 0.3) is 6.08 Å². The van der Waals surface area contributed by atoms with Gasteiger partial charge in [0.25, 0.3) is 0 Å². The van der Waals surface area contributed by atoms with Gasteiger partial charge >= 0.3 is 0 Å². The summed E-state index contributed by atoms with van der Waals surface area (Å²) < 4.78 is 55.3. The molecule has 1 saturated heterocycles. The van der Waals surface area contributed by atoms with Crippen LogP contribution in [-0.4, -0.2) is 46.2 Å². The second-order valence-corrected chi connectivity index (χ2v) is 12.6. The maximum absolute atomic E-state index is 13.1. The molecule has 2 aromatic carbocycles. The summed E-state index contributed by atoms with van der Waals surface area (Å²) in [6, 6.07) is 12.5. The van der Waals surface area contributed by atoms with Crippen molar-refractivity contribution < 1.29 is 21.6 Å². The van der Waals surface area contributed by atoms with Gasteiger partial charge in [-0.05, 0) is 55.0 Å². The smallest absolute Gasteiger partial charge is 0.243 e. The topological polar surface area (TPSA) is 113 Å². The lowest BCUT2D eigenvalue weighted by molar-refractivity contribution is -0.118. The largest absolute Gasteiger partial charge is 0.324 e. The first-order chi connectivity index (χ1) is 16.5. The molecular formula is C25H33N3O5S2. The average Bonchev–Trinajstić information content (AvgIpc) is 2.83. The van der Waals surface area contributed by atoms with Crippen LogP contribution in [-0.2, 0) is 24.8 Å². The van der Waals surface area contributed by atoms with Crippen molar-refractivity contribution >= 4 is 37.7 Å². The van der Waals surface area contributed by atoms with Gasteiger partial charge in [0.15, 0.2) is 0 Å². The number of nitrogens with zero attached hydrogens (tertiary/aromatic N) is 1. The van der Waals surface area contributed by atoms with E-state index in [9.17, 15) is 21.6 Å². The summed E-state index contributed by atoms with van der Waals surface area (Å²) in [4.78, 5) is 13.2. The van der Waals surface area contributed by atoms with Crippen molar-refractivity contribution in [1.82, 2.24) is 9.03 Å². The molecule has 3 rings (SSSR count). The van der Waals surface area contributed by atoms with Gasteiger partial charge < -0.3 is 5.32 Å². The fourth-order valence-electron chi connectivity index (χ4n) is 3.80. The number of sulfonamides is 2. The number of anilines is 1. The Kier molecular flexibility index (Phi) is 8.87. The summed E-state index contributed by atoms with van der Waals surface area (Å²) in [6.07, 6.45) is 4.11. The number of hydrogen-bond donors (Lipinski definition) is 2. The number of carbonyl (C=O) groups excluding carboxylic acids is 1. The third-order valence-corrected chi connectivity index (χ3v) is 8.87. The number of aryl methyl sites for hydroxylation is 1. The summed E-state index contributed by atoms with van der Waals surface area (Å²) in [7, 11) is -7.59. The van der Waals surface area contributed by atoms with E-state index in [4.69, 9.17) is 0 Å². The molecule has 2 N–H and O–H groups in total. The lowest BCUT2D eigenvalue weighted by Crippen LogP contribution is -2.46. The Balaban J connectivity index is 1.78. The number of nitrogens with one attached hydrogen (secondary N) is 2. The van der Waals surface area contributed by atoms with E-state index in [1.54, 1.807) is 51.1 Å². The zero-order valence-corrected chi connectivity index (χ0v) is 21.9. The van der Waals surface area contributed by atoms with Gasteiger partial charge in [0, 0.05) is 24.2 Å². The summed E-state index contributed by atoms with van der Waals surface area (Å²) in [5, 5.41) is 3.76. The van der Waals surface area contributed by atoms with Crippen LogP contribution in [0.3, 0.4) is 0 Å². The molecule has 1 fully saturated rings. The van der Waals surface area contributed by atoms with Crippen LogP contribution in [0.15, 0.2) is 58.8 Å². The van der Waals surface area contributed by atoms with E-state index in [-0.39, 0.29) is 10.8 Å². The Labute approximate surface area is 208 Å². The first kappa shape index (κ1) is 27.1. The van der Waals surface area contributed by atoms with Crippen molar-refractivity contribution in [3.8, 4) is 0 Å². The number of carbonyl (C=O) groups is 1. The lowest BCUT2D eigenvalue weighted by atomic mass is 10.0. The summed E-state index contributed by atoms with van der Waals surface area (Å²) in [5.74, 6) is -0.914. The molecule has 0 bridgehead atoms. The van der Waals surface area contributed by atoms with E-state index >= 15 is 0 Å². The molecule has 1 atom stereocenters. The minimum absolute atomic E-state index is 0.104. The molecule has 1 unspecified atom stereocenters. The molecule has 1 aliphatic rings. The number of hydrogen-bond acceptors (Lipinski definition) is 5. The van der Waals surface area contributed by atoms with Crippen LogP contribution >= 0.6 is 0 Å². The molecule has 8 nitrogen and oxygen atoms in total. The minimum atomic E-state index is -3.91. The monoisotopic (exact) mass is 519 g/mol. The van der Waals surface area contributed by atoms with Crippen molar-refractivity contribution in [3.63, 3.8) is 0 Å². The maximum atomic E-state index is 13.1. The van der Waals surface area contributed by atoms with E-state index < -0.39 is 32.0 Å². The van der Waals surface area contributed by atoms with E-state index in [1.807, 2.05) is 6.07 Å². The molecule has 1 heterocycles. The van der Waals surface area contributed by atoms with E-state index in [0.29, 0.717) is 29.9 Å². The molecule has 10 heteroatoms. The fraction of sp³-hybridized carbons (Fsp3) is 0.400. The molecule has 1 amide bonds. The Morgan fingerprint density at radius 3 is 2.26 bits per heavy atom. The molecule has 0 spiro atoms. The Morgan fingerprint density at radius 2 is 1.63 bits per heavy atom. The van der Waals surface area contributed by atoms with Gasteiger partial charge in [0.1, 0.15) is 6.04 Å². The standard InChI is InChI=1S/C25H33N3O5S2/c1-19(2)24(27-34(30,31)17-14-21-10-6-4-7-11-21)25(29)26-23-18-22(13-12-20(23)3)35(32,33)28-15-8-5-9-16-28/h4,6-7,10-14,17-19,24,27H,5,8-9,15-16H2,1-3H3,(H,26,29). The molecule has 190 valence electrons. The van der Waals surface area contributed by atoms with Gasteiger partial charge in [-0.25, -0.2) is 16.8 Å². The van der Waals surface area contributed by atoms with E-state index in [0.717, 1.165) is 24.7 Å². The fourth-order valence-corrected chi connectivity index (χ4v) is 6.49. The molecule has 0 aliphatic carbocycles. The van der Waals surface area contributed by atoms with Gasteiger partial charge in [0.2, 0.25) is 26.0 Å². The van der Waals surface area contributed by atoms with Crippen LogP contribution in [0.2, 0.25) is 0 Å². The number of rotatable bonds is 9. The van der Waals surface area contributed by atoms with Crippen molar-refractivity contribution in [2.75, 3.05) is 18.4 Å². The predicted octanol–water partition coefficient (Wildman–Crippen LogP) is 3.72. The molecule has 0 aromatic heterocycles. The van der Waals surface area contributed by atoms with Gasteiger partial charge in [-0.3, -0.25) is 4.79 Å². The van der Waals surface area contributed by atoms with Crippen molar-refractivity contribution in [2.45, 2.75) is 51.0 Å². The first-order valence-corrected chi connectivity index (χ1v) is 14.7. The molecule has 35 heavy (non-hydrogen) atoms. The van der Waals surface area contributed by atoms with Crippen LogP contribution in [0.4, 0.5) is 5.69 Å². The van der Waals surface area contributed by atoms with E-state index in [1.165, 1.54) is 22.5 Å². The van der Waals surface area contributed by atoms with Crippen LogP contribution in [0.5, 0.6) is 0 Å². The molecule has 1 aliphatic heterocycles. The van der Waals surface area contributed by atoms with Crippen LogP contribution in [0.1, 0.15) is 44.2 Å². The lowest BCUT2D eigenvalue weighted by Gasteiger charge is -2.26. The minimum Gasteiger partial charge on any atom is -0.324 e. The Bertz CT molecular complexity index is 1270. The SMILES string of the molecule is Cc1ccc(S(=O)(=O)N2CCCCC2)cc1NC(=O)C(NS(=O)(=O)C=Cc1ccccc1)C(C)C. The summed E-state index contributed by atoms with van der Waals surface area (Å²) >= 11 is 0. The quantitative estimate of drug-likeness (QED) is 0.524. The predicted molar refractivity (Wildman–Crippen MR) is 139 cm³/mol. The normalized spacial score (nSPS) is 16.5. The molecule has 2 aromatic rings. The Hall–Kier alpha value is -2.53. The van der Waals surface area contributed by atoms with Crippen molar-refractivity contribution in [1.29, 1.82) is 0 Å². The highest BCUT2D eigenvalue weighted by molar-refractivity contribution is 7.92. The highest BCUT2D eigenvalue weighted by Gasteiger charge is 2.29. The first-order valence-electron chi connectivity index (χ1n) is 11.7. The summed E-state index contributed by atoms with van der Waals surface area (Å²) in [6.45, 7) is 6.18. The van der Waals surface area contributed by atoms with Crippen LogP contribution in [0, 0.1) is 12.8 Å². The zero-order valence-electron chi connectivity index (χ0n) is 20.3. The average molecular weight is 520 g/mol. The molecule has 0 radical (unpaired) electrons. The van der Waals surface area contributed by atoms with Crippen molar-refractivity contribution in [3.05, 3.63) is 65.1 Å². The van der Waals surface area contributed by atoms with Gasteiger partial charge in [0.05, 0.1) is 4.90 Å². The Morgan fingerprint density at radius 1 is 0.971 bits per heavy atom. The highest BCUT2D eigenvalue weighted by Crippen LogP contribution is 2.25. The van der Waals surface area contributed by atoms with Gasteiger partial charge in [-0.2, -0.15) is 9.03 Å². The second kappa shape index (κ2) is 11.5.